The van der Waals surface area contributed by atoms with Crippen LogP contribution in [0.1, 0.15) is 0 Å². The molecule has 0 radical (unpaired) electrons. The second kappa shape index (κ2) is 4.21. The number of nitrogens with zero attached hydrogens (tertiary/aromatic N) is 1. The van der Waals surface area contributed by atoms with Gasteiger partial charge in [0.1, 0.15) is 0 Å². The molecule has 2 heterocycles. The first-order valence-electron chi connectivity index (χ1n) is 6.84. The number of halogens is 1. The fourth-order valence-corrected chi connectivity index (χ4v) is 5.27. The van der Waals surface area contributed by atoms with Crippen LogP contribution in [0, 0.1) is 0 Å². The molecule has 0 spiro atoms. The van der Waals surface area contributed by atoms with Gasteiger partial charge in [0, 0.05) is 30.9 Å². The van der Waals surface area contributed by atoms with Crippen LogP contribution in [-0.4, -0.2) is 2.78 Å². The summed E-state index contributed by atoms with van der Waals surface area (Å²) in [5.74, 6) is 0. The lowest BCUT2D eigenvalue weighted by atomic mass is 10.1. The smallest absolute Gasteiger partial charge is 0.0646 e. The van der Waals surface area contributed by atoms with Crippen LogP contribution in [0.2, 0.25) is 0 Å². The standard InChI is InChI=1S/C18H10INS/c19-20-14-7-3-1-6-13(14)17-15(20)10-9-12-11-5-2-4-8-16(11)21-18(12)17/h1-10H. The van der Waals surface area contributed by atoms with Crippen molar-refractivity contribution in [1.82, 2.24) is 2.78 Å². The van der Waals surface area contributed by atoms with Gasteiger partial charge in [-0.2, -0.15) is 0 Å². The van der Waals surface area contributed by atoms with Crippen LogP contribution in [-0.2, 0) is 0 Å². The van der Waals surface area contributed by atoms with Crippen LogP contribution in [0.15, 0.2) is 60.7 Å². The average Bonchev–Trinajstić information content (AvgIpc) is 3.04. The van der Waals surface area contributed by atoms with E-state index < -0.39 is 0 Å². The van der Waals surface area contributed by atoms with Crippen LogP contribution >= 0.6 is 34.2 Å². The van der Waals surface area contributed by atoms with Crippen molar-refractivity contribution >= 4 is 76.2 Å². The first-order valence-corrected chi connectivity index (χ1v) is 8.62. The van der Waals surface area contributed by atoms with Crippen LogP contribution in [0.5, 0.6) is 0 Å². The Kier molecular flexibility index (Phi) is 2.41. The second-order valence-electron chi connectivity index (χ2n) is 5.23. The van der Waals surface area contributed by atoms with Gasteiger partial charge in [0.2, 0.25) is 0 Å². The average molecular weight is 399 g/mol. The zero-order valence-corrected chi connectivity index (χ0v) is 14.0. The molecule has 0 fully saturated rings. The molecule has 5 aromatic rings. The number of hydrogen-bond acceptors (Lipinski definition) is 1. The third-order valence-electron chi connectivity index (χ3n) is 4.12. The highest BCUT2D eigenvalue weighted by Crippen LogP contribution is 2.42. The van der Waals surface area contributed by atoms with E-state index in [2.05, 4.69) is 86.3 Å². The van der Waals surface area contributed by atoms with Crippen molar-refractivity contribution in [3.8, 4) is 0 Å². The number of benzene rings is 3. The first kappa shape index (κ1) is 12.0. The molecule has 3 heteroatoms. The Bertz CT molecular complexity index is 1150. The minimum atomic E-state index is 1.29. The predicted molar refractivity (Wildman–Crippen MR) is 102 cm³/mol. The summed E-state index contributed by atoms with van der Waals surface area (Å²) in [5.41, 5.74) is 2.59. The lowest BCUT2D eigenvalue weighted by Crippen LogP contribution is -1.76. The molecule has 0 amide bonds. The van der Waals surface area contributed by atoms with E-state index in [0.717, 1.165) is 0 Å². The van der Waals surface area contributed by atoms with Gasteiger partial charge in [-0.3, -0.25) is 2.78 Å². The van der Waals surface area contributed by atoms with E-state index >= 15 is 0 Å². The Morgan fingerprint density at radius 1 is 0.714 bits per heavy atom. The van der Waals surface area contributed by atoms with Gasteiger partial charge in [-0.1, -0.05) is 42.5 Å². The molecule has 3 aromatic carbocycles. The van der Waals surface area contributed by atoms with E-state index in [9.17, 15) is 0 Å². The van der Waals surface area contributed by atoms with Crippen molar-refractivity contribution in [3.05, 3.63) is 60.7 Å². The van der Waals surface area contributed by atoms with Gasteiger partial charge in [0.05, 0.1) is 33.9 Å². The fourth-order valence-electron chi connectivity index (χ4n) is 3.19. The Labute approximate surface area is 139 Å². The summed E-state index contributed by atoms with van der Waals surface area (Å²) < 4.78 is 5.04. The maximum atomic E-state index is 2.40. The molecule has 0 unspecified atom stereocenters. The quantitative estimate of drug-likeness (QED) is 0.267. The first-order chi connectivity index (χ1) is 10.3. The number of hydrogen-bond donors (Lipinski definition) is 0. The van der Waals surface area contributed by atoms with E-state index in [1.165, 1.54) is 42.0 Å². The fraction of sp³-hybridized carbons (Fsp3) is 0. The zero-order valence-electron chi connectivity index (χ0n) is 11.0. The van der Waals surface area contributed by atoms with Crippen molar-refractivity contribution in [2.24, 2.45) is 0 Å². The normalized spacial score (nSPS) is 12.0. The Balaban J connectivity index is 2.16. The minimum Gasteiger partial charge on any atom is -0.282 e. The molecular weight excluding hydrogens is 389 g/mol. The third-order valence-corrected chi connectivity index (χ3v) is 6.36. The Morgan fingerprint density at radius 3 is 2.38 bits per heavy atom. The maximum absolute atomic E-state index is 2.40. The summed E-state index contributed by atoms with van der Waals surface area (Å²) >= 11 is 4.31. The summed E-state index contributed by atoms with van der Waals surface area (Å²) in [7, 11) is 0. The molecule has 5 rings (SSSR count). The SMILES string of the molecule is In1c2ccccc2c2c3sc4ccccc4c3ccc21. The van der Waals surface area contributed by atoms with Gasteiger partial charge >= 0.3 is 0 Å². The monoisotopic (exact) mass is 399 g/mol. The molecule has 0 bridgehead atoms. The Morgan fingerprint density at radius 2 is 1.48 bits per heavy atom. The van der Waals surface area contributed by atoms with E-state index in [1.807, 2.05) is 11.3 Å². The van der Waals surface area contributed by atoms with Gasteiger partial charge in [0.15, 0.2) is 0 Å². The van der Waals surface area contributed by atoms with E-state index in [-0.39, 0.29) is 0 Å². The van der Waals surface area contributed by atoms with Crippen molar-refractivity contribution in [2.45, 2.75) is 0 Å². The molecule has 0 saturated heterocycles. The van der Waals surface area contributed by atoms with E-state index in [1.54, 1.807) is 0 Å². The highest BCUT2D eigenvalue weighted by Gasteiger charge is 2.14. The summed E-state index contributed by atoms with van der Waals surface area (Å²) in [6.45, 7) is 0. The molecule has 0 aliphatic carbocycles. The van der Waals surface area contributed by atoms with Gasteiger partial charge in [0.25, 0.3) is 0 Å². The number of fused-ring (bicyclic) bond motifs is 7. The lowest BCUT2D eigenvalue weighted by Gasteiger charge is -1.96. The van der Waals surface area contributed by atoms with E-state index in [4.69, 9.17) is 0 Å². The molecule has 1 nitrogen and oxygen atoms in total. The minimum absolute atomic E-state index is 1.29. The molecule has 0 atom stereocenters. The van der Waals surface area contributed by atoms with Crippen LogP contribution in [0.3, 0.4) is 0 Å². The third kappa shape index (κ3) is 1.50. The molecule has 100 valence electrons. The van der Waals surface area contributed by atoms with Crippen molar-refractivity contribution in [1.29, 1.82) is 0 Å². The van der Waals surface area contributed by atoms with Gasteiger partial charge in [-0.05, 0) is 18.2 Å². The number of aromatic nitrogens is 1. The van der Waals surface area contributed by atoms with Gasteiger partial charge < -0.3 is 0 Å². The predicted octanol–water partition coefficient (Wildman–Crippen LogP) is 6.36. The molecular formula is C18H10INS. The maximum Gasteiger partial charge on any atom is 0.0646 e. The lowest BCUT2D eigenvalue weighted by molar-refractivity contribution is 1.50. The summed E-state index contributed by atoms with van der Waals surface area (Å²) in [5, 5.41) is 5.47. The highest BCUT2D eigenvalue weighted by atomic mass is 127. The van der Waals surface area contributed by atoms with E-state index in [0.29, 0.717) is 0 Å². The largest absolute Gasteiger partial charge is 0.282 e. The Hall–Kier alpha value is -1.59. The van der Waals surface area contributed by atoms with Crippen molar-refractivity contribution in [3.63, 3.8) is 0 Å². The highest BCUT2D eigenvalue weighted by molar-refractivity contribution is 14.1. The second-order valence-corrected chi connectivity index (χ2v) is 7.25. The summed E-state index contributed by atoms with van der Waals surface area (Å²) in [6, 6.07) is 21.9. The zero-order chi connectivity index (χ0) is 14.0. The molecule has 21 heavy (non-hydrogen) atoms. The number of para-hydroxylation sites is 1. The molecule has 0 aliphatic rings. The van der Waals surface area contributed by atoms with Crippen LogP contribution in [0.4, 0.5) is 0 Å². The van der Waals surface area contributed by atoms with Gasteiger partial charge in [-0.25, -0.2) is 0 Å². The van der Waals surface area contributed by atoms with Gasteiger partial charge in [-0.15, -0.1) is 11.3 Å². The van der Waals surface area contributed by atoms with Crippen molar-refractivity contribution in [2.75, 3.05) is 0 Å². The number of thiophene rings is 1. The molecule has 0 aliphatic heterocycles. The molecule has 2 aromatic heterocycles. The van der Waals surface area contributed by atoms with Crippen LogP contribution < -0.4 is 0 Å². The summed E-state index contributed by atoms with van der Waals surface area (Å²) in [6.07, 6.45) is 0. The summed E-state index contributed by atoms with van der Waals surface area (Å²) in [4.78, 5) is 0. The molecule has 0 N–H and O–H groups in total. The number of rotatable bonds is 0. The van der Waals surface area contributed by atoms with Crippen molar-refractivity contribution < 1.29 is 0 Å². The molecule has 0 saturated carbocycles. The topological polar surface area (TPSA) is 4.93 Å². The van der Waals surface area contributed by atoms with Crippen LogP contribution in [0.25, 0.3) is 42.0 Å².